The quantitative estimate of drug-likeness (QED) is 0.286. The van der Waals surface area contributed by atoms with Gasteiger partial charge in [-0.1, -0.05) is 23.9 Å². The lowest BCUT2D eigenvalue weighted by Crippen LogP contribution is -2.12. The molecule has 1 aromatic carbocycles. The van der Waals surface area contributed by atoms with Gasteiger partial charge in [0.2, 0.25) is 0 Å². The number of hydrogen-bond donors (Lipinski definition) is 2. The Hall–Kier alpha value is -2.26. The first-order valence-electron chi connectivity index (χ1n) is 4.94. The second-order valence-electron chi connectivity index (χ2n) is 3.12. The van der Waals surface area contributed by atoms with Crippen molar-refractivity contribution in [3.63, 3.8) is 0 Å². The molecule has 0 aliphatic heterocycles. The van der Waals surface area contributed by atoms with Crippen LogP contribution in [0.4, 0.5) is 5.69 Å². The van der Waals surface area contributed by atoms with Gasteiger partial charge in [0.05, 0.1) is 5.69 Å². The summed E-state index contributed by atoms with van der Waals surface area (Å²) in [5.41, 5.74) is 1.38. The maximum absolute atomic E-state index is 10.4. The van der Waals surface area contributed by atoms with Crippen LogP contribution in [-0.4, -0.2) is 22.5 Å². The summed E-state index contributed by atoms with van der Waals surface area (Å²) in [6.07, 6.45) is 6.15. The third-order valence-electron chi connectivity index (χ3n) is 1.88. The number of thioether (sulfide) groups is 1. The minimum absolute atomic E-state index is 0.483. The number of benzene rings is 1. The lowest BCUT2D eigenvalue weighted by Gasteiger charge is -2.00. The van der Waals surface area contributed by atoms with Crippen LogP contribution in [0.5, 0.6) is 0 Å². The fraction of sp³-hybridized carbons (Fsp3) is 0.0833. The first-order chi connectivity index (χ1) is 8.65. The molecule has 0 radical (unpaired) electrons. The molecule has 0 unspecified atom stereocenters. The summed E-state index contributed by atoms with van der Waals surface area (Å²) in [5.74, 6) is -1.00. The predicted molar refractivity (Wildman–Crippen MR) is 72.5 cm³/mol. The van der Waals surface area contributed by atoms with Gasteiger partial charge in [0.1, 0.15) is 0 Å². The topological polar surface area (TPSA) is 85.5 Å². The summed E-state index contributed by atoms with van der Waals surface area (Å²) >= 11 is 1.32. The van der Waals surface area contributed by atoms with E-state index < -0.39 is 5.97 Å². The molecule has 0 aromatic heterocycles. The number of nitriles is 1. The van der Waals surface area contributed by atoms with Crippen LogP contribution in [0.1, 0.15) is 5.56 Å². The first kappa shape index (κ1) is 13.8. The van der Waals surface area contributed by atoms with Crippen molar-refractivity contribution < 1.29 is 9.90 Å². The van der Waals surface area contributed by atoms with Gasteiger partial charge in [0, 0.05) is 6.08 Å². The Morgan fingerprint density at radius 3 is 3.00 bits per heavy atom. The lowest BCUT2D eigenvalue weighted by molar-refractivity contribution is -0.131. The maximum Gasteiger partial charge on any atom is 0.328 e. The molecule has 2 N–H and O–H groups in total. The molecule has 6 heteroatoms. The molecule has 0 heterocycles. The van der Waals surface area contributed by atoms with Gasteiger partial charge in [-0.3, -0.25) is 5.32 Å². The summed E-state index contributed by atoms with van der Waals surface area (Å²) in [7, 11) is 0. The largest absolute Gasteiger partial charge is 0.478 e. The normalized spacial score (nSPS) is 11.2. The molecule has 0 fully saturated rings. The van der Waals surface area contributed by atoms with Crippen molar-refractivity contribution in [3.05, 3.63) is 35.9 Å². The monoisotopic (exact) mass is 261 g/mol. The van der Waals surface area contributed by atoms with Crippen molar-refractivity contribution in [2.75, 3.05) is 6.26 Å². The van der Waals surface area contributed by atoms with E-state index in [1.54, 1.807) is 36.7 Å². The van der Waals surface area contributed by atoms with E-state index >= 15 is 0 Å². The van der Waals surface area contributed by atoms with Gasteiger partial charge in [-0.25, -0.2) is 9.79 Å². The SMILES string of the molecule is CSC(=Nc1cccc(C=CC(=O)O)c1)NC#N. The number of rotatable bonds is 3. The molecule has 92 valence electrons. The standard InChI is InChI=1S/C12H11N3O2S/c1-18-12(14-8-13)15-10-4-2-3-9(7-10)5-6-11(16)17/h2-7H,1H3,(H,14,15)(H,16,17). The Labute approximate surface area is 109 Å². The fourth-order valence-corrected chi connectivity index (χ4v) is 1.50. The van der Waals surface area contributed by atoms with Gasteiger partial charge in [-0.15, -0.1) is 0 Å². The van der Waals surface area contributed by atoms with Gasteiger partial charge >= 0.3 is 5.97 Å². The Balaban J connectivity index is 2.95. The minimum Gasteiger partial charge on any atom is -0.478 e. The average molecular weight is 261 g/mol. The van der Waals surface area contributed by atoms with Crippen LogP contribution in [0.3, 0.4) is 0 Å². The molecule has 1 rings (SSSR count). The third kappa shape index (κ3) is 4.72. The van der Waals surface area contributed by atoms with Gasteiger partial charge in [0.15, 0.2) is 11.4 Å². The third-order valence-corrected chi connectivity index (χ3v) is 2.46. The summed E-state index contributed by atoms with van der Waals surface area (Å²) in [4.78, 5) is 14.6. The lowest BCUT2D eigenvalue weighted by atomic mass is 10.2. The summed E-state index contributed by atoms with van der Waals surface area (Å²) in [5, 5.41) is 20.0. The molecule has 18 heavy (non-hydrogen) atoms. The minimum atomic E-state index is -1.00. The highest BCUT2D eigenvalue weighted by Gasteiger charge is 1.97. The summed E-state index contributed by atoms with van der Waals surface area (Å²) < 4.78 is 0. The highest BCUT2D eigenvalue weighted by molar-refractivity contribution is 8.13. The predicted octanol–water partition coefficient (Wildman–Crippen LogP) is 2.21. The number of nitrogens with one attached hydrogen (secondary N) is 1. The van der Waals surface area contributed by atoms with E-state index in [4.69, 9.17) is 10.4 Å². The Kier molecular flexibility index (Phi) is 5.48. The Morgan fingerprint density at radius 2 is 2.39 bits per heavy atom. The first-order valence-corrected chi connectivity index (χ1v) is 6.17. The van der Waals surface area contributed by atoms with Crippen LogP contribution in [0, 0.1) is 11.5 Å². The van der Waals surface area contributed by atoms with E-state index in [0.29, 0.717) is 10.9 Å². The van der Waals surface area contributed by atoms with Crippen molar-refractivity contribution in [1.29, 1.82) is 5.26 Å². The van der Waals surface area contributed by atoms with Gasteiger partial charge in [-0.2, -0.15) is 5.26 Å². The van der Waals surface area contributed by atoms with Gasteiger partial charge < -0.3 is 5.11 Å². The van der Waals surface area contributed by atoms with Crippen LogP contribution in [0.2, 0.25) is 0 Å². The smallest absolute Gasteiger partial charge is 0.328 e. The number of aliphatic carboxylic acids is 1. The number of hydrogen-bond acceptors (Lipinski definition) is 4. The average Bonchev–Trinajstić information content (AvgIpc) is 2.36. The Bertz CT molecular complexity index is 532. The molecule has 0 aliphatic rings. The van der Waals surface area contributed by atoms with Crippen molar-refractivity contribution >= 4 is 34.7 Å². The maximum atomic E-state index is 10.4. The number of aliphatic imine (C=N–C) groups is 1. The van der Waals surface area contributed by atoms with Crippen LogP contribution in [0.25, 0.3) is 6.08 Å². The molecule has 1 aromatic rings. The summed E-state index contributed by atoms with van der Waals surface area (Å²) in [6.45, 7) is 0. The number of nitrogens with zero attached hydrogens (tertiary/aromatic N) is 2. The zero-order chi connectivity index (χ0) is 13.4. The van der Waals surface area contributed by atoms with Crippen LogP contribution in [-0.2, 0) is 4.79 Å². The molecular weight excluding hydrogens is 250 g/mol. The zero-order valence-electron chi connectivity index (χ0n) is 9.62. The molecule has 0 spiro atoms. The number of carboxylic acid groups (broad SMARTS) is 1. The van der Waals surface area contributed by atoms with E-state index in [2.05, 4.69) is 10.3 Å². The molecule has 0 amide bonds. The van der Waals surface area contributed by atoms with Crippen LogP contribution in [0.15, 0.2) is 35.3 Å². The number of carboxylic acids is 1. The highest BCUT2D eigenvalue weighted by atomic mass is 32.2. The van der Waals surface area contributed by atoms with Gasteiger partial charge in [-0.05, 0) is 30.0 Å². The second kappa shape index (κ2) is 7.14. The number of amidine groups is 1. The molecule has 0 bridgehead atoms. The van der Waals surface area contributed by atoms with Crippen LogP contribution >= 0.6 is 11.8 Å². The molecule has 0 atom stereocenters. The van der Waals surface area contributed by atoms with E-state index in [9.17, 15) is 4.79 Å². The van der Waals surface area contributed by atoms with E-state index in [0.717, 1.165) is 11.6 Å². The molecular formula is C12H11N3O2S. The van der Waals surface area contributed by atoms with Crippen LogP contribution < -0.4 is 5.32 Å². The van der Waals surface area contributed by atoms with Gasteiger partial charge in [0.25, 0.3) is 0 Å². The van der Waals surface area contributed by atoms with Crippen molar-refractivity contribution in [1.82, 2.24) is 5.32 Å². The summed E-state index contributed by atoms with van der Waals surface area (Å²) in [6, 6.07) is 7.04. The zero-order valence-corrected chi connectivity index (χ0v) is 10.4. The van der Waals surface area contributed by atoms with Crippen molar-refractivity contribution in [2.45, 2.75) is 0 Å². The Morgan fingerprint density at radius 1 is 1.61 bits per heavy atom. The van der Waals surface area contributed by atoms with E-state index in [1.165, 1.54) is 17.8 Å². The molecule has 0 saturated heterocycles. The highest BCUT2D eigenvalue weighted by Crippen LogP contribution is 2.16. The number of carbonyl (C=O) groups is 1. The van der Waals surface area contributed by atoms with Crippen molar-refractivity contribution in [3.8, 4) is 6.19 Å². The second-order valence-corrected chi connectivity index (χ2v) is 3.92. The fourth-order valence-electron chi connectivity index (χ4n) is 1.16. The van der Waals surface area contributed by atoms with Crippen molar-refractivity contribution in [2.24, 2.45) is 4.99 Å². The van der Waals surface area contributed by atoms with E-state index in [-0.39, 0.29) is 0 Å². The molecule has 0 saturated carbocycles. The van der Waals surface area contributed by atoms with E-state index in [1.807, 2.05) is 0 Å². The molecule has 5 nitrogen and oxygen atoms in total. The molecule has 0 aliphatic carbocycles.